The van der Waals surface area contributed by atoms with Gasteiger partial charge < -0.3 is 10.3 Å². The van der Waals surface area contributed by atoms with E-state index >= 15 is 0 Å². The summed E-state index contributed by atoms with van der Waals surface area (Å²) in [7, 11) is 0. The Labute approximate surface area is 96.3 Å². The predicted octanol–water partition coefficient (Wildman–Crippen LogP) is 2.55. The molecule has 1 aromatic rings. The number of rotatable bonds is 1. The number of hydrogen-bond donors (Lipinski definition) is 1. The number of nitrogens with two attached hydrogens (primary N) is 1. The van der Waals surface area contributed by atoms with E-state index in [-0.39, 0.29) is 5.43 Å². The normalized spacial score (nSPS) is 17.6. The Kier molecular flexibility index (Phi) is 3.03. The number of aromatic nitrogens is 1. The van der Waals surface area contributed by atoms with Gasteiger partial charge in [-0.15, -0.1) is 0 Å². The quantitative estimate of drug-likeness (QED) is 0.790. The van der Waals surface area contributed by atoms with Crippen molar-refractivity contribution in [3.63, 3.8) is 0 Å². The Bertz CT molecular complexity index is 442. The highest BCUT2D eigenvalue weighted by atomic mass is 16.1. The van der Waals surface area contributed by atoms with Gasteiger partial charge in [0.2, 0.25) is 5.43 Å². The molecule has 2 N–H and O–H groups in total. The third-order valence-electron chi connectivity index (χ3n) is 3.68. The van der Waals surface area contributed by atoms with Gasteiger partial charge in [-0.25, -0.2) is 0 Å². The van der Waals surface area contributed by atoms with Gasteiger partial charge in [0.1, 0.15) is 0 Å². The summed E-state index contributed by atoms with van der Waals surface area (Å²) in [4.78, 5) is 11.6. The summed E-state index contributed by atoms with van der Waals surface area (Å²) in [5.41, 5.74) is 8.18. The Balaban J connectivity index is 2.47. The molecule has 1 aliphatic rings. The molecule has 1 fully saturated rings. The smallest absolute Gasteiger partial charge is 0.204 e. The van der Waals surface area contributed by atoms with E-state index in [1.165, 1.54) is 32.1 Å². The molecule has 0 amide bonds. The lowest BCUT2D eigenvalue weighted by molar-refractivity contribution is 0.343. The predicted molar refractivity (Wildman–Crippen MR) is 66.7 cm³/mol. The first-order valence-electron chi connectivity index (χ1n) is 6.09. The van der Waals surface area contributed by atoms with Gasteiger partial charge >= 0.3 is 0 Å². The maximum absolute atomic E-state index is 11.6. The fraction of sp³-hybridized carbons (Fsp3) is 0.615. The molecule has 0 atom stereocenters. The highest BCUT2D eigenvalue weighted by Gasteiger charge is 2.18. The van der Waals surface area contributed by atoms with E-state index < -0.39 is 0 Å². The molecule has 0 spiro atoms. The number of nitrogens with zero attached hydrogens (tertiary/aromatic N) is 1. The minimum absolute atomic E-state index is 0.0398. The number of pyridine rings is 1. The first-order valence-corrected chi connectivity index (χ1v) is 6.09. The van der Waals surface area contributed by atoms with E-state index in [2.05, 4.69) is 4.57 Å². The van der Waals surface area contributed by atoms with E-state index in [9.17, 15) is 4.79 Å². The minimum Gasteiger partial charge on any atom is -0.394 e. The SMILES string of the molecule is Cc1cc(=O)c(N)c(C)n1C1CCCCC1. The molecule has 0 bridgehead atoms. The second-order valence-electron chi connectivity index (χ2n) is 4.81. The van der Waals surface area contributed by atoms with Crippen molar-refractivity contribution in [3.05, 3.63) is 27.7 Å². The molecular weight excluding hydrogens is 200 g/mol. The van der Waals surface area contributed by atoms with Crippen molar-refractivity contribution in [2.45, 2.75) is 52.0 Å². The summed E-state index contributed by atoms with van der Waals surface area (Å²) >= 11 is 0. The van der Waals surface area contributed by atoms with Crippen molar-refractivity contribution >= 4 is 5.69 Å². The molecular formula is C13H20N2O. The highest BCUT2D eigenvalue weighted by molar-refractivity contribution is 5.43. The van der Waals surface area contributed by atoms with Crippen molar-refractivity contribution in [2.24, 2.45) is 0 Å². The number of hydrogen-bond acceptors (Lipinski definition) is 2. The van der Waals surface area contributed by atoms with Crippen LogP contribution in [0.1, 0.15) is 49.5 Å². The van der Waals surface area contributed by atoms with Crippen molar-refractivity contribution in [1.82, 2.24) is 4.57 Å². The summed E-state index contributed by atoms with van der Waals surface area (Å²) in [6, 6.07) is 2.20. The largest absolute Gasteiger partial charge is 0.394 e. The summed E-state index contributed by atoms with van der Waals surface area (Å²) in [6.45, 7) is 3.96. The molecule has 1 heterocycles. The van der Waals surface area contributed by atoms with Crippen LogP contribution in [0, 0.1) is 13.8 Å². The Morgan fingerprint density at radius 2 is 1.88 bits per heavy atom. The molecule has 16 heavy (non-hydrogen) atoms. The zero-order chi connectivity index (χ0) is 11.7. The Hall–Kier alpha value is -1.25. The number of anilines is 1. The van der Waals surface area contributed by atoms with Crippen LogP contribution in [0.2, 0.25) is 0 Å². The van der Waals surface area contributed by atoms with Crippen molar-refractivity contribution in [1.29, 1.82) is 0 Å². The second-order valence-corrected chi connectivity index (χ2v) is 4.81. The van der Waals surface area contributed by atoms with Gasteiger partial charge in [0.15, 0.2) is 0 Å². The molecule has 0 aliphatic heterocycles. The van der Waals surface area contributed by atoms with Crippen LogP contribution in [0.3, 0.4) is 0 Å². The van der Waals surface area contributed by atoms with Crippen molar-refractivity contribution in [3.8, 4) is 0 Å². The van der Waals surface area contributed by atoms with Gasteiger partial charge in [-0.3, -0.25) is 4.79 Å². The Morgan fingerprint density at radius 3 is 2.50 bits per heavy atom. The highest BCUT2D eigenvalue weighted by Crippen LogP contribution is 2.30. The van der Waals surface area contributed by atoms with Crippen LogP contribution in [0.5, 0.6) is 0 Å². The Morgan fingerprint density at radius 1 is 1.25 bits per heavy atom. The van der Waals surface area contributed by atoms with Crippen LogP contribution in [-0.2, 0) is 0 Å². The van der Waals surface area contributed by atoms with Crippen molar-refractivity contribution < 1.29 is 0 Å². The molecule has 2 rings (SSSR count). The topological polar surface area (TPSA) is 48.0 Å². The third-order valence-corrected chi connectivity index (χ3v) is 3.68. The van der Waals surface area contributed by atoms with Crippen LogP contribution < -0.4 is 11.2 Å². The molecule has 0 unspecified atom stereocenters. The second kappa shape index (κ2) is 4.32. The average Bonchev–Trinajstić information content (AvgIpc) is 2.28. The third kappa shape index (κ3) is 1.86. The van der Waals surface area contributed by atoms with Crippen LogP contribution in [0.25, 0.3) is 0 Å². The van der Waals surface area contributed by atoms with E-state index in [0.29, 0.717) is 11.7 Å². The maximum Gasteiger partial charge on any atom is 0.204 e. The van der Waals surface area contributed by atoms with Gasteiger partial charge in [-0.05, 0) is 26.7 Å². The first-order chi connectivity index (χ1) is 7.61. The summed E-state index contributed by atoms with van der Waals surface area (Å²) in [6.07, 6.45) is 6.34. The summed E-state index contributed by atoms with van der Waals surface area (Å²) in [5, 5.41) is 0. The molecule has 1 aromatic heterocycles. The van der Waals surface area contributed by atoms with Crippen LogP contribution in [0.4, 0.5) is 5.69 Å². The molecule has 1 saturated carbocycles. The fourth-order valence-corrected chi connectivity index (χ4v) is 2.81. The monoisotopic (exact) mass is 220 g/mol. The van der Waals surface area contributed by atoms with Gasteiger partial charge in [-0.2, -0.15) is 0 Å². The molecule has 3 heteroatoms. The molecule has 0 saturated heterocycles. The standard InChI is InChI=1S/C13H20N2O/c1-9-8-12(16)13(14)10(2)15(9)11-6-4-3-5-7-11/h8,11H,3-7,14H2,1-2H3. The van der Waals surface area contributed by atoms with E-state index in [0.717, 1.165) is 11.4 Å². The lowest BCUT2D eigenvalue weighted by Gasteiger charge is -2.29. The van der Waals surface area contributed by atoms with Crippen molar-refractivity contribution in [2.75, 3.05) is 5.73 Å². The molecule has 0 radical (unpaired) electrons. The van der Waals surface area contributed by atoms with Gasteiger partial charge in [0.05, 0.1) is 5.69 Å². The summed E-state index contributed by atoms with van der Waals surface area (Å²) in [5.74, 6) is 0. The number of nitrogen functional groups attached to an aromatic ring is 1. The first kappa shape index (κ1) is 11.2. The lowest BCUT2D eigenvalue weighted by Crippen LogP contribution is -2.23. The summed E-state index contributed by atoms with van der Waals surface area (Å²) < 4.78 is 2.26. The molecule has 3 nitrogen and oxygen atoms in total. The van der Waals surface area contributed by atoms with E-state index in [1.54, 1.807) is 6.07 Å². The number of aryl methyl sites for hydroxylation is 1. The van der Waals surface area contributed by atoms with Gasteiger partial charge in [0, 0.05) is 23.5 Å². The van der Waals surface area contributed by atoms with Crippen LogP contribution in [-0.4, -0.2) is 4.57 Å². The fourth-order valence-electron chi connectivity index (χ4n) is 2.81. The van der Waals surface area contributed by atoms with Gasteiger partial charge in [-0.1, -0.05) is 19.3 Å². The molecule has 88 valence electrons. The molecule has 0 aromatic carbocycles. The molecule has 1 aliphatic carbocycles. The van der Waals surface area contributed by atoms with Gasteiger partial charge in [0.25, 0.3) is 0 Å². The lowest BCUT2D eigenvalue weighted by atomic mass is 9.94. The zero-order valence-corrected chi connectivity index (χ0v) is 10.1. The van der Waals surface area contributed by atoms with E-state index in [1.807, 2.05) is 13.8 Å². The van der Waals surface area contributed by atoms with E-state index in [4.69, 9.17) is 5.73 Å². The maximum atomic E-state index is 11.6. The zero-order valence-electron chi connectivity index (χ0n) is 10.1. The average molecular weight is 220 g/mol. The van der Waals surface area contributed by atoms with Crippen LogP contribution in [0.15, 0.2) is 10.9 Å². The van der Waals surface area contributed by atoms with Crippen LogP contribution >= 0.6 is 0 Å². The minimum atomic E-state index is -0.0398.